The second kappa shape index (κ2) is 8.23. The monoisotopic (exact) mass is 483 g/mol. The summed E-state index contributed by atoms with van der Waals surface area (Å²) in [5.74, 6) is -0.154. The third-order valence-electron chi connectivity index (χ3n) is 5.53. The standard InChI is InChI=1S/C24H22BrNO5/c1-5-31-24(28)18-12(2)26-21-14-8-6-7-9-15(14)22(27)20(21)19(18)13-10-16(25)23(30-4)17(11-13)29-3/h6-11,19,26H,5H2,1-4H3/t19-/m1/s1. The van der Waals surface area contributed by atoms with Crippen molar-refractivity contribution in [3.8, 4) is 11.5 Å². The van der Waals surface area contributed by atoms with Crippen LogP contribution in [0.15, 0.2) is 57.7 Å². The largest absolute Gasteiger partial charge is 0.493 e. The van der Waals surface area contributed by atoms with E-state index in [0.717, 1.165) is 16.8 Å². The van der Waals surface area contributed by atoms with Gasteiger partial charge < -0.3 is 19.5 Å². The van der Waals surface area contributed by atoms with Crippen molar-refractivity contribution in [2.75, 3.05) is 20.8 Å². The maximum Gasteiger partial charge on any atom is 0.336 e. The quantitative estimate of drug-likeness (QED) is 0.626. The van der Waals surface area contributed by atoms with Gasteiger partial charge in [0.15, 0.2) is 17.3 Å². The van der Waals surface area contributed by atoms with Gasteiger partial charge in [0, 0.05) is 28.3 Å². The van der Waals surface area contributed by atoms with Gasteiger partial charge >= 0.3 is 5.97 Å². The molecule has 2 aromatic carbocycles. The van der Waals surface area contributed by atoms with Crippen LogP contribution in [-0.4, -0.2) is 32.6 Å². The minimum atomic E-state index is -0.619. The van der Waals surface area contributed by atoms with Crippen LogP contribution in [0.25, 0.3) is 5.70 Å². The van der Waals surface area contributed by atoms with Gasteiger partial charge in [0.1, 0.15) is 0 Å². The van der Waals surface area contributed by atoms with Gasteiger partial charge in [-0.25, -0.2) is 4.79 Å². The van der Waals surface area contributed by atoms with Crippen molar-refractivity contribution in [2.45, 2.75) is 19.8 Å². The Bertz CT molecular complexity index is 1160. The number of halogens is 1. The number of esters is 1. The lowest BCUT2D eigenvalue weighted by Gasteiger charge is -2.29. The molecule has 1 atom stereocenters. The number of hydrogen-bond acceptors (Lipinski definition) is 6. The van der Waals surface area contributed by atoms with Crippen LogP contribution in [0.4, 0.5) is 0 Å². The van der Waals surface area contributed by atoms with Crippen LogP contribution in [0.2, 0.25) is 0 Å². The summed E-state index contributed by atoms with van der Waals surface area (Å²) in [6, 6.07) is 11.1. The highest BCUT2D eigenvalue weighted by molar-refractivity contribution is 9.10. The number of dihydropyridines is 1. The maximum absolute atomic E-state index is 13.5. The van der Waals surface area contributed by atoms with E-state index in [9.17, 15) is 9.59 Å². The number of ether oxygens (including phenoxy) is 3. The lowest BCUT2D eigenvalue weighted by molar-refractivity contribution is -0.138. The summed E-state index contributed by atoms with van der Waals surface area (Å²) in [5.41, 5.74) is 4.47. The molecule has 0 unspecified atom stereocenters. The summed E-state index contributed by atoms with van der Waals surface area (Å²) in [6.45, 7) is 3.82. The normalized spacial score (nSPS) is 17.2. The van der Waals surface area contributed by atoms with Crippen LogP contribution in [0.5, 0.6) is 11.5 Å². The zero-order valence-electron chi connectivity index (χ0n) is 17.7. The lowest BCUT2D eigenvalue weighted by atomic mass is 9.79. The zero-order valence-corrected chi connectivity index (χ0v) is 19.3. The molecular formula is C24H22BrNO5. The summed E-state index contributed by atoms with van der Waals surface area (Å²) in [6.07, 6.45) is 0. The smallest absolute Gasteiger partial charge is 0.336 e. The van der Waals surface area contributed by atoms with Crippen molar-refractivity contribution in [2.24, 2.45) is 0 Å². The van der Waals surface area contributed by atoms with E-state index in [1.807, 2.05) is 31.2 Å². The van der Waals surface area contributed by atoms with Crippen LogP contribution >= 0.6 is 15.9 Å². The van der Waals surface area contributed by atoms with E-state index in [1.165, 1.54) is 0 Å². The summed E-state index contributed by atoms with van der Waals surface area (Å²) in [4.78, 5) is 26.5. The zero-order chi connectivity index (χ0) is 22.3. The molecule has 31 heavy (non-hydrogen) atoms. The second-order valence-electron chi connectivity index (χ2n) is 7.22. The number of methoxy groups -OCH3 is 2. The molecule has 1 aliphatic carbocycles. The second-order valence-corrected chi connectivity index (χ2v) is 8.07. The van der Waals surface area contributed by atoms with E-state index in [-0.39, 0.29) is 12.4 Å². The van der Waals surface area contributed by atoms with Crippen LogP contribution in [0.3, 0.4) is 0 Å². The molecule has 1 aliphatic heterocycles. The molecule has 0 radical (unpaired) electrons. The number of hydrogen-bond donors (Lipinski definition) is 1. The number of benzene rings is 2. The van der Waals surface area contributed by atoms with Crippen molar-refractivity contribution in [3.63, 3.8) is 0 Å². The Morgan fingerprint density at radius 3 is 2.48 bits per heavy atom. The molecule has 2 aromatic rings. The number of nitrogens with one attached hydrogen (secondary N) is 1. The fourth-order valence-corrected chi connectivity index (χ4v) is 4.87. The number of ketones is 1. The molecule has 0 saturated heterocycles. The number of rotatable bonds is 5. The highest BCUT2D eigenvalue weighted by Crippen LogP contribution is 2.49. The van der Waals surface area contributed by atoms with Gasteiger partial charge in [0.05, 0.1) is 36.6 Å². The van der Waals surface area contributed by atoms with Gasteiger partial charge in [-0.05, 0) is 47.5 Å². The predicted molar refractivity (Wildman–Crippen MR) is 120 cm³/mol. The Hall–Kier alpha value is -3.06. The molecule has 0 spiro atoms. The van der Waals surface area contributed by atoms with Crippen LogP contribution in [0, 0.1) is 0 Å². The van der Waals surface area contributed by atoms with Gasteiger partial charge in [-0.3, -0.25) is 4.79 Å². The Morgan fingerprint density at radius 1 is 1.13 bits per heavy atom. The van der Waals surface area contributed by atoms with E-state index >= 15 is 0 Å². The molecule has 0 amide bonds. The van der Waals surface area contributed by atoms with Crippen molar-refractivity contribution in [3.05, 3.63) is 74.4 Å². The van der Waals surface area contributed by atoms with E-state index in [1.54, 1.807) is 33.3 Å². The Morgan fingerprint density at radius 2 is 1.84 bits per heavy atom. The molecule has 2 aliphatic rings. The molecule has 6 nitrogen and oxygen atoms in total. The first-order valence-corrected chi connectivity index (χ1v) is 10.7. The van der Waals surface area contributed by atoms with Crippen molar-refractivity contribution < 1.29 is 23.8 Å². The number of carbonyl (C=O) groups is 2. The molecule has 4 rings (SSSR count). The predicted octanol–water partition coefficient (Wildman–Crippen LogP) is 4.60. The lowest BCUT2D eigenvalue weighted by Crippen LogP contribution is -2.29. The molecular weight excluding hydrogens is 462 g/mol. The molecule has 1 N–H and O–H groups in total. The highest BCUT2D eigenvalue weighted by Gasteiger charge is 2.43. The van der Waals surface area contributed by atoms with Crippen LogP contribution < -0.4 is 14.8 Å². The molecule has 0 bridgehead atoms. The van der Waals surface area contributed by atoms with E-state index in [0.29, 0.717) is 38.4 Å². The third kappa shape index (κ3) is 3.33. The molecule has 0 saturated carbocycles. The molecule has 0 fully saturated rings. The van der Waals surface area contributed by atoms with Gasteiger partial charge in [0.2, 0.25) is 0 Å². The van der Waals surface area contributed by atoms with Crippen LogP contribution in [0.1, 0.15) is 41.3 Å². The minimum Gasteiger partial charge on any atom is -0.493 e. The first-order valence-electron chi connectivity index (χ1n) is 9.87. The topological polar surface area (TPSA) is 73.9 Å². The van der Waals surface area contributed by atoms with Gasteiger partial charge in [-0.2, -0.15) is 0 Å². The minimum absolute atomic E-state index is 0.108. The van der Waals surface area contributed by atoms with Crippen molar-refractivity contribution in [1.82, 2.24) is 5.32 Å². The van der Waals surface area contributed by atoms with E-state index in [4.69, 9.17) is 14.2 Å². The first kappa shape index (κ1) is 21.2. The van der Waals surface area contributed by atoms with E-state index in [2.05, 4.69) is 21.2 Å². The molecule has 0 aromatic heterocycles. The summed E-state index contributed by atoms with van der Waals surface area (Å²) in [5, 5.41) is 3.29. The summed E-state index contributed by atoms with van der Waals surface area (Å²) >= 11 is 3.53. The van der Waals surface area contributed by atoms with Crippen molar-refractivity contribution in [1.29, 1.82) is 0 Å². The molecule has 1 heterocycles. The summed E-state index contributed by atoms with van der Waals surface area (Å²) in [7, 11) is 3.10. The molecule has 160 valence electrons. The number of allylic oxidation sites excluding steroid dienone is 2. The Balaban J connectivity index is 1.97. The van der Waals surface area contributed by atoms with Gasteiger partial charge in [-0.1, -0.05) is 24.3 Å². The van der Waals surface area contributed by atoms with Crippen LogP contribution in [-0.2, 0) is 9.53 Å². The Kier molecular flexibility index (Phi) is 5.62. The number of fused-ring (bicyclic) bond motifs is 2. The summed E-state index contributed by atoms with van der Waals surface area (Å²) < 4.78 is 17.0. The fourth-order valence-electron chi connectivity index (χ4n) is 4.25. The number of Topliss-reactive ketones (excluding diaryl/α,β-unsaturated/α-hetero) is 1. The highest BCUT2D eigenvalue weighted by atomic mass is 79.9. The van der Waals surface area contributed by atoms with E-state index < -0.39 is 11.9 Å². The average molecular weight is 484 g/mol. The Labute approximate surface area is 189 Å². The third-order valence-corrected chi connectivity index (χ3v) is 6.12. The average Bonchev–Trinajstić information content (AvgIpc) is 3.04. The van der Waals surface area contributed by atoms with Gasteiger partial charge in [-0.15, -0.1) is 0 Å². The SMILES string of the molecule is CCOC(=O)C1=C(C)NC2=C(C(=O)c3ccccc32)[C@@H]1c1cc(Br)c(OC)c(OC)c1. The fraction of sp³-hybridized carbons (Fsp3) is 0.250. The maximum atomic E-state index is 13.5. The van der Waals surface area contributed by atoms with Crippen molar-refractivity contribution >= 4 is 33.4 Å². The molecule has 7 heteroatoms. The first-order chi connectivity index (χ1) is 14.9. The van der Waals surface area contributed by atoms with Gasteiger partial charge in [0.25, 0.3) is 0 Å². The number of carbonyl (C=O) groups excluding carboxylic acids is 2.